The number of nitrogens with two attached hydrogens (primary N) is 1. The summed E-state index contributed by atoms with van der Waals surface area (Å²) in [4.78, 5) is 2.13. The Hall–Kier alpha value is -0.780. The Morgan fingerprint density at radius 1 is 1.37 bits per heavy atom. The lowest BCUT2D eigenvalue weighted by atomic mass is 10.1. The Labute approximate surface area is 122 Å². The molecule has 0 heterocycles. The van der Waals surface area contributed by atoms with E-state index < -0.39 is 9.84 Å². The number of rotatable bonds is 6. The van der Waals surface area contributed by atoms with Crippen molar-refractivity contribution in [3.63, 3.8) is 0 Å². The Morgan fingerprint density at radius 2 is 2.00 bits per heavy atom. The average molecular weight is 307 g/mol. The van der Waals surface area contributed by atoms with Crippen LogP contribution in [0.15, 0.2) is 24.3 Å². The predicted molar refractivity (Wildman–Crippen MR) is 83.4 cm³/mol. The minimum absolute atomic E-state index is 0. The summed E-state index contributed by atoms with van der Waals surface area (Å²) < 4.78 is 22.6. The van der Waals surface area contributed by atoms with Gasteiger partial charge < -0.3 is 5.73 Å². The maximum atomic E-state index is 11.3. The molecule has 1 aromatic rings. The smallest absolute Gasteiger partial charge is 0.148 e. The first-order valence-electron chi connectivity index (χ1n) is 6.08. The van der Waals surface area contributed by atoms with E-state index in [0.29, 0.717) is 0 Å². The van der Waals surface area contributed by atoms with Gasteiger partial charge in [-0.15, -0.1) is 12.4 Å². The van der Waals surface area contributed by atoms with Crippen molar-refractivity contribution >= 4 is 27.9 Å². The fraction of sp³-hybridized carbons (Fsp3) is 0.538. The summed E-state index contributed by atoms with van der Waals surface area (Å²) in [5, 5.41) is 0. The van der Waals surface area contributed by atoms with Crippen LogP contribution in [0.1, 0.15) is 19.4 Å². The number of hydrogen-bond acceptors (Lipinski definition) is 4. The molecule has 0 aliphatic heterocycles. The van der Waals surface area contributed by atoms with Crippen LogP contribution in [0.5, 0.6) is 0 Å². The number of nitrogens with zero attached hydrogens (tertiary/aromatic N) is 1. The molecule has 0 aliphatic rings. The zero-order valence-electron chi connectivity index (χ0n) is 11.7. The number of anilines is 1. The molecule has 1 unspecified atom stereocenters. The first-order valence-corrected chi connectivity index (χ1v) is 8.14. The zero-order valence-corrected chi connectivity index (χ0v) is 13.3. The highest BCUT2D eigenvalue weighted by molar-refractivity contribution is 7.90. The van der Waals surface area contributed by atoms with E-state index in [9.17, 15) is 8.42 Å². The molecular formula is C13H23ClN2O2S. The second-order valence-electron chi connectivity index (χ2n) is 4.75. The van der Waals surface area contributed by atoms with E-state index in [0.717, 1.165) is 24.3 Å². The second kappa shape index (κ2) is 7.72. The molecule has 110 valence electrons. The van der Waals surface area contributed by atoms with Gasteiger partial charge in [-0.25, -0.2) is 8.42 Å². The number of benzene rings is 1. The molecule has 0 spiro atoms. The van der Waals surface area contributed by atoms with Crippen molar-refractivity contribution in [2.75, 3.05) is 24.3 Å². The maximum Gasteiger partial charge on any atom is 0.148 e. The van der Waals surface area contributed by atoms with Gasteiger partial charge in [-0.1, -0.05) is 19.1 Å². The number of hydrogen-bond donors (Lipinski definition) is 1. The molecule has 1 aromatic carbocycles. The van der Waals surface area contributed by atoms with Gasteiger partial charge in [0.25, 0.3) is 0 Å². The van der Waals surface area contributed by atoms with E-state index in [1.54, 1.807) is 0 Å². The highest BCUT2D eigenvalue weighted by Crippen LogP contribution is 2.12. The van der Waals surface area contributed by atoms with Gasteiger partial charge in [-0.05, 0) is 31.2 Å². The van der Waals surface area contributed by atoms with Crippen LogP contribution in [0.25, 0.3) is 0 Å². The Morgan fingerprint density at radius 3 is 2.47 bits per heavy atom. The third-order valence-corrected chi connectivity index (χ3v) is 4.00. The van der Waals surface area contributed by atoms with E-state index in [1.807, 2.05) is 38.1 Å². The van der Waals surface area contributed by atoms with Crippen LogP contribution in [0, 0.1) is 0 Å². The number of halogens is 1. The lowest BCUT2D eigenvalue weighted by molar-refractivity contribution is 0.226. The maximum absolute atomic E-state index is 11.3. The van der Waals surface area contributed by atoms with Gasteiger partial charge >= 0.3 is 0 Å². The van der Waals surface area contributed by atoms with Crippen molar-refractivity contribution in [1.82, 2.24) is 4.90 Å². The molecule has 1 atom stereocenters. The van der Waals surface area contributed by atoms with Crippen LogP contribution in [0.3, 0.4) is 0 Å². The lowest BCUT2D eigenvalue weighted by Gasteiger charge is -2.27. The molecule has 0 fully saturated rings. The molecule has 0 aliphatic carbocycles. The van der Waals surface area contributed by atoms with Crippen molar-refractivity contribution in [2.24, 2.45) is 0 Å². The fourth-order valence-corrected chi connectivity index (χ4v) is 3.14. The number of nitrogen functional groups attached to an aromatic ring is 1. The molecule has 2 N–H and O–H groups in total. The van der Waals surface area contributed by atoms with Gasteiger partial charge in [-0.3, -0.25) is 4.90 Å². The Kier molecular flexibility index (Phi) is 7.41. The van der Waals surface area contributed by atoms with Gasteiger partial charge in [0.1, 0.15) is 9.84 Å². The van der Waals surface area contributed by atoms with Crippen LogP contribution in [0.4, 0.5) is 5.69 Å². The summed E-state index contributed by atoms with van der Waals surface area (Å²) >= 11 is 0. The van der Waals surface area contributed by atoms with E-state index >= 15 is 0 Å². The molecule has 0 bridgehead atoms. The first-order chi connectivity index (χ1) is 8.31. The Bertz CT molecular complexity index is 491. The van der Waals surface area contributed by atoms with Gasteiger partial charge in [-0.2, -0.15) is 0 Å². The molecule has 0 saturated carbocycles. The van der Waals surface area contributed by atoms with Crippen molar-refractivity contribution in [3.05, 3.63) is 29.8 Å². The van der Waals surface area contributed by atoms with Gasteiger partial charge in [0.2, 0.25) is 0 Å². The van der Waals surface area contributed by atoms with Crippen molar-refractivity contribution in [1.29, 1.82) is 0 Å². The fourth-order valence-electron chi connectivity index (χ4n) is 2.05. The second-order valence-corrected chi connectivity index (χ2v) is 6.93. The van der Waals surface area contributed by atoms with Crippen LogP contribution in [-0.2, 0) is 16.4 Å². The number of sulfone groups is 1. The standard InChI is InChI=1S/C13H22N2O2S.ClH/c1-4-15(11(2)10-18(3,16)17)9-12-6-5-7-13(14)8-12;/h5-8,11H,4,9-10,14H2,1-3H3;1H. The van der Waals surface area contributed by atoms with E-state index in [1.165, 1.54) is 6.26 Å². The lowest BCUT2D eigenvalue weighted by Crippen LogP contribution is -2.37. The summed E-state index contributed by atoms with van der Waals surface area (Å²) in [5.41, 5.74) is 7.58. The summed E-state index contributed by atoms with van der Waals surface area (Å²) in [7, 11) is -2.95. The summed E-state index contributed by atoms with van der Waals surface area (Å²) in [6.07, 6.45) is 1.28. The van der Waals surface area contributed by atoms with Crippen LogP contribution >= 0.6 is 12.4 Å². The monoisotopic (exact) mass is 306 g/mol. The van der Waals surface area contributed by atoms with Gasteiger partial charge in [0.05, 0.1) is 5.75 Å². The van der Waals surface area contributed by atoms with Crippen molar-refractivity contribution in [3.8, 4) is 0 Å². The quantitative estimate of drug-likeness (QED) is 0.816. The largest absolute Gasteiger partial charge is 0.399 e. The highest BCUT2D eigenvalue weighted by Gasteiger charge is 2.17. The van der Waals surface area contributed by atoms with Gasteiger partial charge in [0, 0.05) is 24.5 Å². The van der Waals surface area contributed by atoms with Crippen LogP contribution < -0.4 is 5.73 Å². The third kappa shape index (κ3) is 6.80. The highest BCUT2D eigenvalue weighted by atomic mass is 35.5. The summed E-state index contributed by atoms with van der Waals surface area (Å²) in [5.74, 6) is 0.184. The van der Waals surface area contributed by atoms with Crippen molar-refractivity contribution in [2.45, 2.75) is 26.4 Å². The van der Waals surface area contributed by atoms with E-state index in [2.05, 4.69) is 4.90 Å². The topological polar surface area (TPSA) is 63.4 Å². The molecule has 6 heteroatoms. The molecular weight excluding hydrogens is 284 g/mol. The first kappa shape index (κ1) is 18.2. The summed E-state index contributed by atoms with van der Waals surface area (Å²) in [6.45, 7) is 5.51. The zero-order chi connectivity index (χ0) is 13.8. The Balaban J connectivity index is 0.00000324. The van der Waals surface area contributed by atoms with Crippen LogP contribution in [0.2, 0.25) is 0 Å². The SMILES string of the molecule is CCN(Cc1cccc(N)c1)C(C)CS(C)(=O)=O.Cl. The predicted octanol–water partition coefficient (Wildman–Crippen LogP) is 1.95. The minimum atomic E-state index is -2.95. The molecule has 1 rings (SSSR count). The molecule has 4 nitrogen and oxygen atoms in total. The molecule has 0 amide bonds. The molecule has 0 radical (unpaired) electrons. The van der Waals surface area contributed by atoms with Crippen LogP contribution in [-0.4, -0.2) is 37.9 Å². The molecule has 0 saturated heterocycles. The van der Waals surface area contributed by atoms with Crippen molar-refractivity contribution < 1.29 is 8.42 Å². The van der Waals surface area contributed by atoms with E-state index in [-0.39, 0.29) is 24.2 Å². The molecule has 0 aromatic heterocycles. The van der Waals surface area contributed by atoms with E-state index in [4.69, 9.17) is 5.73 Å². The summed E-state index contributed by atoms with van der Waals surface area (Å²) in [6, 6.07) is 7.70. The van der Waals surface area contributed by atoms with Gasteiger partial charge in [0.15, 0.2) is 0 Å². The molecule has 19 heavy (non-hydrogen) atoms. The average Bonchev–Trinajstić information content (AvgIpc) is 2.23. The normalized spacial score (nSPS) is 13.1. The minimum Gasteiger partial charge on any atom is -0.399 e. The third-order valence-electron chi connectivity index (χ3n) is 2.91.